The third-order valence-corrected chi connectivity index (χ3v) is 3.45. The van der Waals surface area contributed by atoms with Gasteiger partial charge in [-0.25, -0.2) is 0 Å². The number of hydrazine groups is 1. The summed E-state index contributed by atoms with van der Waals surface area (Å²) in [6.07, 6.45) is 0. The lowest BCUT2D eigenvalue weighted by molar-refractivity contribution is -0.123. The predicted octanol–water partition coefficient (Wildman–Crippen LogP) is 1.24. The van der Waals surface area contributed by atoms with Crippen molar-refractivity contribution in [3.63, 3.8) is 0 Å². The van der Waals surface area contributed by atoms with E-state index in [1.165, 1.54) is 12.1 Å². The zero-order valence-electron chi connectivity index (χ0n) is 14.0. The largest absolute Gasteiger partial charge is 0.483 e. The summed E-state index contributed by atoms with van der Waals surface area (Å²) in [4.78, 5) is 35.2. The van der Waals surface area contributed by atoms with Crippen LogP contribution in [0.2, 0.25) is 0 Å². The summed E-state index contributed by atoms with van der Waals surface area (Å²) in [5, 5.41) is 0. The fourth-order valence-electron chi connectivity index (χ4n) is 2.24. The highest BCUT2D eigenvalue weighted by molar-refractivity contribution is 5.97. The van der Waals surface area contributed by atoms with Gasteiger partial charge in [0.2, 0.25) is 0 Å². The van der Waals surface area contributed by atoms with Gasteiger partial charge in [0.25, 0.3) is 17.7 Å². The Morgan fingerprint density at radius 1 is 1.00 bits per heavy atom. The van der Waals surface area contributed by atoms with Crippen molar-refractivity contribution in [1.29, 1.82) is 0 Å². The van der Waals surface area contributed by atoms with Gasteiger partial charge in [-0.05, 0) is 37.6 Å². The van der Waals surface area contributed by atoms with Crippen molar-refractivity contribution in [2.45, 2.75) is 13.8 Å². The molecular weight excluding hydrogens is 322 g/mol. The van der Waals surface area contributed by atoms with Crippen LogP contribution in [0, 0.1) is 13.8 Å². The van der Waals surface area contributed by atoms with E-state index in [1.807, 2.05) is 26.0 Å². The van der Waals surface area contributed by atoms with Crippen LogP contribution in [0.5, 0.6) is 5.75 Å². The lowest BCUT2D eigenvalue weighted by atomic mass is 10.1. The molecule has 0 unspecified atom stereocenters. The number of hydrogen-bond donors (Lipinski definition) is 3. The summed E-state index contributed by atoms with van der Waals surface area (Å²) in [6.45, 7) is 3.36. The number of para-hydroxylation sites is 1. The second-order valence-corrected chi connectivity index (χ2v) is 5.47. The van der Waals surface area contributed by atoms with Gasteiger partial charge in [-0.2, -0.15) is 0 Å². The van der Waals surface area contributed by atoms with Crippen molar-refractivity contribution in [3.05, 3.63) is 64.7 Å². The molecule has 0 aliphatic heterocycles. The first kappa shape index (κ1) is 18.0. The standard InChI is InChI=1S/C18H19N3O4/c1-11-7-8-13(12(2)9-11)18(24)21-20-16(22)10-25-15-6-4-3-5-14(15)17(19)23/h3-9H,10H2,1-2H3,(H2,19,23)(H,20,22)(H,21,24). The molecule has 2 aromatic rings. The van der Waals surface area contributed by atoms with Gasteiger partial charge < -0.3 is 10.5 Å². The minimum atomic E-state index is -0.654. The van der Waals surface area contributed by atoms with E-state index in [0.29, 0.717) is 5.56 Å². The predicted molar refractivity (Wildman–Crippen MR) is 92.0 cm³/mol. The van der Waals surface area contributed by atoms with Crippen molar-refractivity contribution in [2.75, 3.05) is 6.61 Å². The Morgan fingerprint density at radius 2 is 1.72 bits per heavy atom. The molecule has 0 fully saturated rings. The van der Waals surface area contributed by atoms with Crippen molar-refractivity contribution in [3.8, 4) is 5.75 Å². The number of carbonyl (C=O) groups is 3. The molecule has 3 amide bonds. The number of nitrogens with two attached hydrogens (primary N) is 1. The van der Waals surface area contributed by atoms with Crippen LogP contribution in [0.15, 0.2) is 42.5 Å². The molecular formula is C18H19N3O4. The summed E-state index contributed by atoms with van der Waals surface area (Å²) < 4.78 is 5.27. The molecule has 0 bridgehead atoms. The molecule has 0 saturated carbocycles. The molecule has 0 aliphatic carbocycles. The number of hydrogen-bond acceptors (Lipinski definition) is 4. The summed E-state index contributed by atoms with van der Waals surface area (Å²) in [5.74, 6) is -1.45. The van der Waals surface area contributed by atoms with Crippen molar-refractivity contribution in [1.82, 2.24) is 10.9 Å². The second kappa shape index (κ2) is 7.96. The van der Waals surface area contributed by atoms with E-state index in [4.69, 9.17) is 10.5 Å². The number of amides is 3. The van der Waals surface area contributed by atoms with Crippen molar-refractivity contribution < 1.29 is 19.1 Å². The number of ether oxygens (including phenoxy) is 1. The summed E-state index contributed by atoms with van der Waals surface area (Å²) in [6, 6.07) is 11.7. The van der Waals surface area contributed by atoms with E-state index in [0.717, 1.165) is 11.1 Å². The fourth-order valence-corrected chi connectivity index (χ4v) is 2.24. The molecule has 0 aliphatic rings. The lowest BCUT2D eigenvalue weighted by Crippen LogP contribution is -2.44. The van der Waals surface area contributed by atoms with Crippen LogP contribution in [0.1, 0.15) is 31.8 Å². The molecule has 130 valence electrons. The number of aryl methyl sites for hydroxylation is 2. The maximum Gasteiger partial charge on any atom is 0.276 e. The molecule has 0 radical (unpaired) electrons. The number of benzene rings is 2. The first-order valence-electron chi connectivity index (χ1n) is 7.56. The Bertz CT molecular complexity index is 818. The van der Waals surface area contributed by atoms with Gasteiger partial charge in [-0.15, -0.1) is 0 Å². The highest BCUT2D eigenvalue weighted by Gasteiger charge is 2.12. The molecule has 0 saturated heterocycles. The van der Waals surface area contributed by atoms with Crippen LogP contribution in [0.25, 0.3) is 0 Å². The van der Waals surface area contributed by atoms with E-state index in [-0.39, 0.29) is 17.9 Å². The number of primary amides is 1. The van der Waals surface area contributed by atoms with Crippen LogP contribution < -0.4 is 21.3 Å². The lowest BCUT2D eigenvalue weighted by Gasteiger charge is -2.11. The quantitative estimate of drug-likeness (QED) is 0.711. The molecule has 2 aromatic carbocycles. The molecule has 7 heteroatoms. The van der Waals surface area contributed by atoms with Crippen LogP contribution in [-0.2, 0) is 4.79 Å². The number of nitrogens with one attached hydrogen (secondary N) is 2. The van der Waals surface area contributed by atoms with Gasteiger partial charge in [0.1, 0.15) is 5.75 Å². The minimum Gasteiger partial charge on any atom is -0.483 e. The summed E-state index contributed by atoms with van der Waals surface area (Å²) >= 11 is 0. The fraction of sp³-hybridized carbons (Fsp3) is 0.167. The molecule has 0 aromatic heterocycles. The number of carbonyl (C=O) groups excluding carboxylic acids is 3. The zero-order valence-corrected chi connectivity index (χ0v) is 14.0. The van der Waals surface area contributed by atoms with Gasteiger partial charge >= 0.3 is 0 Å². The first-order valence-corrected chi connectivity index (χ1v) is 7.56. The molecule has 4 N–H and O–H groups in total. The Hall–Kier alpha value is -3.35. The number of rotatable bonds is 5. The van der Waals surface area contributed by atoms with E-state index < -0.39 is 17.7 Å². The van der Waals surface area contributed by atoms with Crippen molar-refractivity contribution in [2.24, 2.45) is 5.73 Å². The van der Waals surface area contributed by atoms with Crippen molar-refractivity contribution >= 4 is 17.7 Å². The summed E-state index contributed by atoms with van der Waals surface area (Å²) in [7, 11) is 0. The third kappa shape index (κ3) is 4.81. The summed E-state index contributed by atoms with van der Waals surface area (Å²) in [5.41, 5.74) is 12.3. The highest BCUT2D eigenvalue weighted by Crippen LogP contribution is 2.16. The molecule has 7 nitrogen and oxygen atoms in total. The molecule has 0 spiro atoms. The third-order valence-electron chi connectivity index (χ3n) is 3.45. The van der Waals surface area contributed by atoms with Gasteiger partial charge in [0.15, 0.2) is 6.61 Å². The Morgan fingerprint density at radius 3 is 2.40 bits per heavy atom. The minimum absolute atomic E-state index is 0.176. The molecule has 0 atom stereocenters. The Balaban J connectivity index is 1.89. The van der Waals surface area contributed by atoms with Crippen LogP contribution >= 0.6 is 0 Å². The van der Waals surface area contributed by atoms with E-state index in [1.54, 1.807) is 18.2 Å². The normalized spacial score (nSPS) is 10.0. The maximum absolute atomic E-state index is 12.1. The van der Waals surface area contributed by atoms with Gasteiger partial charge in [0.05, 0.1) is 5.56 Å². The van der Waals surface area contributed by atoms with Crippen LogP contribution in [0.4, 0.5) is 0 Å². The average Bonchev–Trinajstić information content (AvgIpc) is 2.58. The maximum atomic E-state index is 12.1. The highest BCUT2D eigenvalue weighted by atomic mass is 16.5. The monoisotopic (exact) mass is 341 g/mol. The topological polar surface area (TPSA) is 111 Å². The molecule has 25 heavy (non-hydrogen) atoms. The molecule has 0 heterocycles. The van der Waals surface area contributed by atoms with E-state index >= 15 is 0 Å². The zero-order chi connectivity index (χ0) is 18.4. The van der Waals surface area contributed by atoms with Gasteiger partial charge in [0, 0.05) is 5.56 Å². The smallest absolute Gasteiger partial charge is 0.276 e. The average molecular weight is 341 g/mol. The Labute approximate surface area is 145 Å². The van der Waals surface area contributed by atoms with E-state index in [9.17, 15) is 14.4 Å². The molecule has 2 rings (SSSR count). The second-order valence-electron chi connectivity index (χ2n) is 5.47. The Kier molecular flexibility index (Phi) is 5.73. The van der Waals surface area contributed by atoms with E-state index in [2.05, 4.69) is 10.9 Å². The van der Waals surface area contributed by atoms with Gasteiger partial charge in [-0.1, -0.05) is 29.8 Å². The van der Waals surface area contributed by atoms with Crippen LogP contribution in [-0.4, -0.2) is 24.3 Å². The first-order chi connectivity index (χ1) is 11.9. The van der Waals surface area contributed by atoms with Crippen LogP contribution in [0.3, 0.4) is 0 Å². The SMILES string of the molecule is Cc1ccc(C(=O)NNC(=O)COc2ccccc2C(N)=O)c(C)c1. The van der Waals surface area contributed by atoms with Gasteiger partial charge in [-0.3, -0.25) is 25.2 Å².